The molecule has 3 rings (SSSR count). The number of benzene rings is 2. The van der Waals surface area contributed by atoms with Crippen molar-refractivity contribution >= 4 is 44.9 Å². The van der Waals surface area contributed by atoms with Crippen molar-refractivity contribution in [2.45, 2.75) is 25.7 Å². The molecule has 2 aromatic carbocycles. The lowest BCUT2D eigenvalue weighted by Crippen LogP contribution is -2.25. The van der Waals surface area contributed by atoms with Crippen molar-refractivity contribution in [3.8, 4) is 0 Å². The Morgan fingerprint density at radius 3 is 2.46 bits per heavy atom. The Labute approximate surface area is 160 Å². The van der Waals surface area contributed by atoms with Crippen LogP contribution in [-0.4, -0.2) is 24.1 Å². The van der Waals surface area contributed by atoms with Gasteiger partial charge in [0.25, 0.3) is 0 Å². The van der Waals surface area contributed by atoms with Gasteiger partial charge in [0, 0.05) is 35.8 Å². The molecule has 1 heterocycles. The molecule has 0 aliphatic carbocycles. The lowest BCUT2D eigenvalue weighted by molar-refractivity contribution is -0.117. The van der Waals surface area contributed by atoms with Crippen LogP contribution in [0.3, 0.4) is 0 Å². The molecule has 0 atom stereocenters. The van der Waals surface area contributed by atoms with Crippen molar-refractivity contribution < 1.29 is 14.4 Å². The Bertz CT molecular complexity index is 833. The molecule has 1 aliphatic rings. The second kappa shape index (κ2) is 8.27. The van der Waals surface area contributed by atoms with Crippen LogP contribution in [0.25, 0.3) is 0 Å². The molecule has 2 amide bonds. The lowest BCUT2D eigenvalue weighted by atomic mass is 10.1. The Morgan fingerprint density at radius 1 is 1.04 bits per heavy atom. The maximum Gasteiger partial charge on any atom is 0.227 e. The average Bonchev–Trinajstić information content (AvgIpc) is 3.06. The van der Waals surface area contributed by atoms with Crippen LogP contribution in [0.2, 0.25) is 0 Å². The van der Waals surface area contributed by atoms with E-state index in [-0.39, 0.29) is 30.4 Å². The maximum absolute atomic E-state index is 12.3. The number of carbonyl (C=O) groups excluding carboxylic acids is 3. The molecule has 134 valence electrons. The molecule has 0 spiro atoms. The van der Waals surface area contributed by atoms with Gasteiger partial charge in [-0.3, -0.25) is 14.4 Å². The fraction of sp³-hybridized carbons (Fsp3) is 0.250. The third kappa shape index (κ3) is 4.38. The zero-order valence-electron chi connectivity index (χ0n) is 14.2. The normalized spacial score (nSPS) is 13.7. The van der Waals surface area contributed by atoms with Gasteiger partial charge in [-0.15, -0.1) is 0 Å². The lowest BCUT2D eigenvalue weighted by Gasteiger charge is -2.19. The van der Waals surface area contributed by atoms with Crippen molar-refractivity contribution in [2.24, 2.45) is 0 Å². The SMILES string of the molecule is O=C(CCC(=O)c1ccc(Br)cc1)Nc1ccccc1N1CCCC1=O. The average molecular weight is 415 g/mol. The van der Waals surface area contributed by atoms with Crippen LogP contribution in [0.15, 0.2) is 53.0 Å². The number of carbonyl (C=O) groups is 3. The first-order valence-corrected chi connectivity index (χ1v) is 9.32. The largest absolute Gasteiger partial charge is 0.324 e. The highest BCUT2D eigenvalue weighted by molar-refractivity contribution is 9.10. The van der Waals surface area contributed by atoms with Gasteiger partial charge in [-0.1, -0.05) is 40.2 Å². The predicted molar refractivity (Wildman–Crippen MR) is 104 cm³/mol. The smallest absolute Gasteiger partial charge is 0.227 e. The Kier molecular flexibility index (Phi) is 5.83. The minimum atomic E-state index is -0.241. The highest BCUT2D eigenvalue weighted by atomic mass is 79.9. The van der Waals surface area contributed by atoms with Crippen molar-refractivity contribution in [3.63, 3.8) is 0 Å². The molecule has 1 saturated heterocycles. The predicted octanol–water partition coefficient (Wildman–Crippen LogP) is 4.18. The van der Waals surface area contributed by atoms with E-state index in [4.69, 9.17) is 0 Å². The third-order valence-corrected chi connectivity index (χ3v) is 4.82. The monoisotopic (exact) mass is 414 g/mol. The Morgan fingerprint density at radius 2 is 1.77 bits per heavy atom. The molecule has 0 radical (unpaired) electrons. The number of ketones is 1. The molecule has 5 nitrogen and oxygen atoms in total. The zero-order chi connectivity index (χ0) is 18.5. The van der Waals surface area contributed by atoms with E-state index in [9.17, 15) is 14.4 Å². The minimum Gasteiger partial charge on any atom is -0.324 e. The Hall–Kier alpha value is -2.47. The van der Waals surface area contributed by atoms with Crippen LogP contribution in [0.4, 0.5) is 11.4 Å². The van der Waals surface area contributed by atoms with Crippen LogP contribution >= 0.6 is 15.9 Å². The summed E-state index contributed by atoms with van der Waals surface area (Å²) in [5.41, 5.74) is 1.90. The van der Waals surface area contributed by atoms with Gasteiger partial charge in [-0.2, -0.15) is 0 Å². The minimum absolute atomic E-state index is 0.0668. The van der Waals surface area contributed by atoms with Crippen LogP contribution in [0.5, 0.6) is 0 Å². The summed E-state index contributed by atoms with van der Waals surface area (Å²) >= 11 is 3.33. The number of nitrogens with zero attached hydrogens (tertiary/aromatic N) is 1. The second-order valence-corrected chi connectivity index (χ2v) is 7.06. The van der Waals surface area contributed by atoms with E-state index in [0.29, 0.717) is 29.9 Å². The van der Waals surface area contributed by atoms with Gasteiger partial charge in [-0.25, -0.2) is 0 Å². The number of hydrogen-bond acceptors (Lipinski definition) is 3. The number of Topliss-reactive ketones (excluding diaryl/α,β-unsaturated/α-hetero) is 1. The quantitative estimate of drug-likeness (QED) is 0.720. The topological polar surface area (TPSA) is 66.5 Å². The second-order valence-electron chi connectivity index (χ2n) is 6.14. The first kappa shape index (κ1) is 18.3. The van der Waals surface area contributed by atoms with E-state index < -0.39 is 0 Å². The molecular weight excluding hydrogens is 396 g/mol. The third-order valence-electron chi connectivity index (χ3n) is 4.29. The van der Waals surface area contributed by atoms with Crippen molar-refractivity contribution in [3.05, 3.63) is 58.6 Å². The van der Waals surface area contributed by atoms with Gasteiger partial charge in [0.05, 0.1) is 11.4 Å². The summed E-state index contributed by atoms with van der Waals surface area (Å²) in [6.07, 6.45) is 1.59. The summed E-state index contributed by atoms with van der Waals surface area (Å²) in [5.74, 6) is -0.248. The molecule has 0 aromatic heterocycles. The molecule has 0 bridgehead atoms. The van der Waals surface area contributed by atoms with Crippen LogP contribution < -0.4 is 10.2 Å². The van der Waals surface area contributed by atoms with Crippen LogP contribution in [0, 0.1) is 0 Å². The van der Waals surface area contributed by atoms with E-state index in [2.05, 4.69) is 21.2 Å². The zero-order valence-corrected chi connectivity index (χ0v) is 15.8. The fourth-order valence-corrected chi connectivity index (χ4v) is 3.20. The number of anilines is 2. The maximum atomic E-state index is 12.3. The summed E-state index contributed by atoms with van der Waals surface area (Å²) in [4.78, 5) is 38.1. The molecule has 0 saturated carbocycles. The first-order chi connectivity index (χ1) is 12.5. The number of amides is 2. The molecule has 1 fully saturated rings. The molecule has 0 unspecified atom stereocenters. The van der Waals surface area contributed by atoms with E-state index in [1.807, 2.05) is 18.2 Å². The summed E-state index contributed by atoms with van der Waals surface area (Å²) in [7, 11) is 0. The van der Waals surface area contributed by atoms with Crippen molar-refractivity contribution in [1.29, 1.82) is 0 Å². The van der Waals surface area contributed by atoms with Crippen LogP contribution in [-0.2, 0) is 9.59 Å². The van der Waals surface area contributed by atoms with E-state index in [1.54, 1.807) is 35.2 Å². The van der Waals surface area contributed by atoms with Gasteiger partial charge < -0.3 is 10.2 Å². The summed E-state index contributed by atoms with van der Waals surface area (Å²) in [6.45, 7) is 0.660. The molecule has 1 N–H and O–H groups in total. The van der Waals surface area contributed by atoms with Gasteiger partial charge >= 0.3 is 0 Å². The number of para-hydroxylation sites is 2. The number of nitrogens with one attached hydrogen (secondary N) is 1. The molecule has 2 aromatic rings. The van der Waals surface area contributed by atoms with Gasteiger partial charge in [0.1, 0.15) is 0 Å². The summed E-state index contributed by atoms with van der Waals surface area (Å²) < 4.78 is 0.903. The van der Waals surface area contributed by atoms with E-state index in [1.165, 1.54) is 0 Å². The number of rotatable bonds is 6. The van der Waals surface area contributed by atoms with Crippen molar-refractivity contribution in [2.75, 3.05) is 16.8 Å². The van der Waals surface area contributed by atoms with E-state index >= 15 is 0 Å². The summed E-state index contributed by atoms with van der Waals surface area (Å²) in [5, 5.41) is 2.83. The summed E-state index contributed by atoms with van der Waals surface area (Å²) in [6, 6.07) is 14.3. The molecule has 1 aliphatic heterocycles. The van der Waals surface area contributed by atoms with Gasteiger partial charge in [0.2, 0.25) is 11.8 Å². The highest BCUT2D eigenvalue weighted by Crippen LogP contribution is 2.29. The number of halogens is 1. The van der Waals surface area contributed by atoms with Crippen molar-refractivity contribution in [1.82, 2.24) is 0 Å². The highest BCUT2D eigenvalue weighted by Gasteiger charge is 2.24. The van der Waals surface area contributed by atoms with Crippen LogP contribution in [0.1, 0.15) is 36.0 Å². The van der Waals surface area contributed by atoms with Gasteiger partial charge in [0.15, 0.2) is 5.78 Å². The first-order valence-electron chi connectivity index (χ1n) is 8.52. The molecular formula is C20H19BrN2O3. The standard InChI is InChI=1S/C20H19BrN2O3/c21-15-9-7-14(8-10-15)18(24)11-12-19(25)22-16-4-1-2-5-17(16)23-13-3-6-20(23)26/h1-2,4-5,7-10H,3,6,11-13H2,(H,22,25). The fourth-order valence-electron chi connectivity index (χ4n) is 2.94. The Balaban J connectivity index is 1.61. The molecule has 6 heteroatoms. The van der Waals surface area contributed by atoms with E-state index in [0.717, 1.165) is 10.9 Å². The van der Waals surface area contributed by atoms with Gasteiger partial charge in [-0.05, 0) is 30.7 Å². The molecule has 26 heavy (non-hydrogen) atoms. The number of hydrogen-bond donors (Lipinski definition) is 1.